The first kappa shape index (κ1) is 22.5. The molecular formula is C16H11ClF6N4O4. The Labute approximate surface area is 174 Å². The van der Waals surface area contributed by atoms with Gasteiger partial charge in [-0.25, -0.2) is 4.79 Å². The van der Waals surface area contributed by atoms with Crippen molar-refractivity contribution in [3.63, 3.8) is 0 Å². The summed E-state index contributed by atoms with van der Waals surface area (Å²) in [7, 11) is 0. The van der Waals surface area contributed by atoms with Crippen molar-refractivity contribution in [2.24, 2.45) is 5.73 Å². The molecule has 1 fully saturated rings. The Kier molecular flexibility index (Phi) is 5.69. The average molecular weight is 473 g/mol. The van der Waals surface area contributed by atoms with Gasteiger partial charge in [0.05, 0.1) is 23.8 Å². The highest BCUT2D eigenvalue weighted by molar-refractivity contribution is 6.32. The molecule has 8 nitrogen and oxygen atoms in total. The van der Waals surface area contributed by atoms with Crippen molar-refractivity contribution in [1.29, 1.82) is 0 Å². The molecule has 3 rings (SSSR count). The van der Waals surface area contributed by atoms with Crippen LogP contribution in [0.5, 0.6) is 5.75 Å². The molecule has 1 aromatic carbocycles. The third-order valence-corrected chi connectivity index (χ3v) is 4.44. The van der Waals surface area contributed by atoms with E-state index < -0.39 is 54.1 Å². The maximum atomic E-state index is 13.0. The van der Waals surface area contributed by atoms with E-state index in [9.17, 15) is 35.9 Å². The van der Waals surface area contributed by atoms with Gasteiger partial charge in [0.1, 0.15) is 5.75 Å². The molecule has 31 heavy (non-hydrogen) atoms. The SMILES string of the molecule is NC(=O)C1CN([C@H](c2ccc(OC(F)(F)F)c(Cl)c2)c2cnn(C(F)(F)F)c2)C(=O)O1. The van der Waals surface area contributed by atoms with E-state index in [0.717, 1.165) is 29.3 Å². The second-order valence-electron chi connectivity index (χ2n) is 6.25. The van der Waals surface area contributed by atoms with Gasteiger partial charge in [-0.3, -0.25) is 9.69 Å². The Hall–Kier alpha value is -3.16. The fraction of sp³-hybridized carbons (Fsp3) is 0.312. The van der Waals surface area contributed by atoms with Gasteiger partial charge in [-0.1, -0.05) is 17.7 Å². The van der Waals surface area contributed by atoms with E-state index in [4.69, 9.17) is 22.1 Å². The first-order chi connectivity index (χ1) is 14.3. The Morgan fingerprint density at radius 2 is 1.94 bits per heavy atom. The summed E-state index contributed by atoms with van der Waals surface area (Å²) in [5, 5.41) is 2.66. The Morgan fingerprint density at radius 3 is 2.42 bits per heavy atom. The van der Waals surface area contributed by atoms with Gasteiger partial charge < -0.3 is 15.2 Å². The number of carbonyl (C=O) groups excluding carboxylic acids is 2. The highest BCUT2D eigenvalue weighted by Gasteiger charge is 2.42. The molecule has 0 saturated carbocycles. The van der Waals surface area contributed by atoms with Gasteiger partial charge >= 0.3 is 18.8 Å². The number of primary amides is 1. The average Bonchev–Trinajstić information content (AvgIpc) is 3.24. The van der Waals surface area contributed by atoms with Crippen molar-refractivity contribution < 1.29 is 45.4 Å². The number of hydrogen-bond acceptors (Lipinski definition) is 5. The van der Waals surface area contributed by atoms with E-state index in [2.05, 4.69) is 9.84 Å². The lowest BCUT2D eigenvalue weighted by molar-refractivity contribution is -0.274. The minimum Gasteiger partial charge on any atom is -0.434 e. The summed E-state index contributed by atoms with van der Waals surface area (Å²) in [6.07, 6.45) is -11.0. The highest BCUT2D eigenvalue weighted by Crippen LogP contribution is 2.38. The summed E-state index contributed by atoms with van der Waals surface area (Å²) in [4.78, 5) is 24.5. The number of cyclic esters (lactones) is 1. The fourth-order valence-electron chi connectivity index (χ4n) is 2.90. The minimum absolute atomic E-state index is 0.00307. The summed E-state index contributed by atoms with van der Waals surface area (Å²) in [6, 6.07) is 1.53. The zero-order chi connectivity index (χ0) is 23.1. The van der Waals surface area contributed by atoms with Crippen LogP contribution in [0.3, 0.4) is 0 Å². The van der Waals surface area contributed by atoms with Gasteiger partial charge in [0.15, 0.2) is 6.10 Å². The van der Waals surface area contributed by atoms with Crippen LogP contribution < -0.4 is 10.5 Å². The van der Waals surface area contributed by atoms with Crippen LogP contribution in [0.4, 0.5) is 31.1 Å². The van der Waals surface area contributed by atoms with Gasteiger partial charge in [0, 0.05) is 11.8 Å². The zero-order valence-electron chi connectivity index (χ0n) is 14.9. The maximum Gasteiger partial charge on any atom is 0.573 e. The van der Waals surface area contributed by atoms with Gasteiger partial charge in [-0.15, -0.1) is 26.3 Å². The van der Waals surface area contributed by atoms with E-state index in [1.165, 1.54) is 0 Å². The van der Waals surface area contributed by atoms with Crippen LogP contribution in [0.15, 0.2) is 30.6 Å². The predicted octanol–water partition coefficient (Wildman–Crippen LogP) is 3.31. The highest BCUT2D eigenvalue weighted by atomic mass is 35.5. The molecule has 1 aliphatic heterocycles. The monoisotopic (exact) mass is 472 g/mol. The molecule has 1 saturated heterocycles. The van der Waals surface area contributed by atoms with Crippen molar-refractivity contribution >= 4 is 23.6 Å². The first-order valence-electron chi connectivity index (χ1n) is 8.20. The largest absolute Gasteiger partial charge is 0.573 e. The number of aromatic nitrogens is 2. The van der Waals surface area contributed by atoms with Gasteiger partial charge in [-0.05, 0) is 17.7 Å². The fourth-order valence-corrected chi connectivity index (χ4v) is 3.13. The molecule has 0 bridgehead atoms. The second kappa shape index (κ2) is 7.83. The molecule has 0 aliphatic carbocycles. The van der Waals surface area contributed by atoms with E-state index in [1.807, 2.05) is 0 Å². The lowest BCUT2D eigenvalue weighted by Gasteiger charge is -2.26. The number of hydrogen-bond donors (Lipinski definition) is 1. The van der Waals surface area contributed by atoms with Crippen molar-refractivity contribution in [1.82, 2.24) is 14.7 Å². The molecular weight excluding hydrogens is 462 g/mol. The number of halogens is 7. The molecule has 2 heterocycles. The molecule has 0 radical (unpaired) electrons. The molecule has 15 heteroatoms. The van der Waals surface area contributed by atoms with Crippen LogP contribution >= 0.6 is 11.6 Å². The number of alkyl halides is 6. The van der Waals surface area contributed by atoms with E-state index in [0.29, 0.717) is 6.20 Å². The van der Waals surface area contributed by atoms with Crippen LogP contribution in [0.1, 0.15) is 17.2 Å². The standard InChI is InChI=1S/C16H11ClF6N4O4/c17-9-3-7(1-2-10(9)31-16(21,22)23)12(8-4-25-27(5-8)15(18,19)20)26-6-11(13(24)28)30-14(26)29/h1-5,11-12H,6H2,(H2,24,28)/t11?,12-/m1/s1. The molecule has 2 N–H and O–H groups in total. The maximum absolute atomic E-state index is 13.0. The Morgan fingerprint density at radius 1 is 1.26 bits per heavy atom. The number of nitrogens with two attached hydrogens (primary N) is 1. The quantitative estimate of drug-likeness (QED) is 0.673. The van der Waals surface area contributed by atoms with Crippen molar-refractivity contribution in [3.8, 4) is 5.75 Å². The van der Waals surface area contributed by atoms with E-state index >= 15 is 0 Å². The topological polar surface area (TPSA) is 99.7 Å². The predicted molar refractivity (Wildman–Crippen MR) is 89.7 cm³/mol. The minimum atomic E-state index is -5.04. The summed E-state index contributed by atoms with van der Waals surface area (Å²) < 4.78 is 84.5. The third kappa shape index (κ3) is 4.95. The summed E-state index contributed by atoms with van der Waals surface area (Å²) in [5.74, 6) is -1.76. The number of nitrogens with zero attached hydrogens (tertiary/aromatic N) is 3. The first-order valence-corrected chi connectivity index (χ1v) is 8.57. The second-order valence-corrected chi connectivity index (χ2v) is 6.66. The van der Waals surface area contributed by atoms with Gasteiger partial charge in [0.25, 0.3) is 5.91 Å². The molecule has 1 aliphatic rings. The molecule has 2 atom stereocenters. The Balaban J connectivity index is 2.04. The Bertz CT molecular complexity index is 1010. The zero-order valence-corrected chi connectivity index (χ0v) is 15.7. The lowest BCUT2D eigenvalue weighted by Crippen LogP contribution is -2.34. The number of benzene rings is 1. The van der Waals surface area contributed by atoms with Crippen molar-refractivity contribution in [3.05, 3.63) is 46.7 Å². The summed E-state index contributed by atoms with van der Waals surface area (Å²) in [6.45, 7) is -0.422. The number of ether oxygens (including phenoxy) is 2. The van der Waals surface area contributed by atoms with Crippen LogP contribution in [0, 0.1) is 0 Å². The van der Waals surface area contributed by atoms with E-state index in [-0.39, 0.29) is 15.8 Å². The molecule has 168 valence electrons. The molecule has 1 aromatic heterocycles. The van der Waals surface area contributed by atoms with Crippen LogP contribution in [0.25, 0.3) is 0 Å². The molecule has 0 spiro atoms. The van der Waals surface area contributed by atoms with Crippen LogP contribution in [-0.2, 0) is 15.8 Å². The van der Waals surface area contributed by atoms with Crippen molar-refractivity contribution in [2.75, 3.05) is 6.54 Å². The summed E-state index contributed by atoms with van der Waals surface area (Å²) in [5.41, 5.74) is 4.93. The molecule has 1 unspecified atom stereocenters. The molecule has 2 amide bonds. The third-order valence-electron chi connectivity index (χ3n) is 4.14. The normalized spacial score (nSPS) is 18.1. The number of amides is 2. The van der Waals surface area contributed by atoms with Crippen LogP contribution in [-0.4, -0.2) is 45.7 Å². The van der Waals surface area contributed by atoms with Crippen LogP contribution in [0.2, 0.25) is 5.02 Å². The lowest BCUT2D eigenvalue weighted by atomic mass is 9.99. The summed E-state index contributed by atoms with van der Waals surface area (Å²) >= 11 is 5.83. The number of carbonyl (C=O) groups is 2. The molecule has 2 aromatic rings. The number of rotatable bonds is 5. The van der Waals surface area contributed by atoms with Gasteiger partial charge in [0.2, 0.25) is 0 Å². The van der Waals surface area contributed by atoms with E-state index in [1.54, 1.807) is 0 Å². The van der Waals surface area contributed by atoms with Crippen molar-refractivity contribution in [2.45, 2.75) is 24.8 Å². The smallest absolute Gasteiger partial charge is 0.434 e. The van der Waals surface area contributed by atoms with Gasteiger partial charge in [-0.2, -0.15) is 9.78 Å².